The van der Waals surface area contributed by atoms with E-state index in [9.17, 15) is 0 Å². The van der Waals surface area contributed by atoms with Crippen LogP contribution >= 0.6 is 22.9 Å². The van der Waals surface area contributed by atoms with Crippen molar-refractivity contribution in [2.75, 3.05) is 0 Å². The molecule has 0 N–H and O–H groups in total. The third kappa shape index (κ3) is 1.38. The molecule has 5 nitrogen and oxygen atoms in total. The highest BCUT2D eigenvalue weighted by molar-refractivity contribution is 7.07. The van der Waals surface area contributed by atoms with Crippen molar-refractivity contribution in [1.29, 1.82) is 0 Å². The van der Waals surface area contributed by atoms with Crippen molar-refractivity contribution in [2.24, 2.45) is 0 Å². The quantitative estimate of drug-likeness (QED) is 0.622. The van der Waals surface area contributed by atoms with Crippen molar-refractivity contribution >= 4 is 28.6 Å². The monoisotopic (exact) mass is 251 g/mol. The molecule has 0 aliphatic heterocycles. The SMILES string of the molecule is Cc1nc(Cl)cc2nnc(-c3cscn3)n12. The average molecular weight is 252 g/mol. The topological polar surface area (TPSA) is 56.0 Å². The van der Waals surface area contributed by atoms with Crippen LogP contribution in [0, 0.1) is 6.92 Å². The summed E-state index contributed by atoms with van der Waals surface area (Å²) in [7, 11) is 0. The van der Waals surface area contributed by atoms with Crippen LogP contribution in [0.4, 0.5) is 0 Å². The lowest BCUT2D eigenvalue weighted by atomic mass is 10.4. The number of nitrogens with zero attached hydrogens (tertiary/aromatic N) is 5. The van der Waals surface area contributed by atoms with Gasteiger partial charge >= 0.3 is 0 Å². The minimum absolute atomic E-state index is 0.419. The fourth-order valence-electron chi connectivity index (χ4n) is 1.54. The molecule has 0 spiro atoms. The van der Waals surface area contributed by atoms with E-state index >= 15 is 0 Å². The number of hydrogen-bond donors (Lipinski definition) is 0. The lowest BCUT2D eigenvalue weighted by Crippen LogP contribution is -1.97. The second kappa shape index (κ2) is 3.50. The number of fused-ring (bicyclic) bond motifs is 1. The maximum Gasteiger partial charge on any atom is 0.189 e. The Morgan fingerprint density at radius 3 is 3.00 bits per heavy atom. The number of hydrogen-bond acceptors (Lipinski definition) is 5. The smallest absolute Gasteiger partial charge is 0.189 e. The molecule has 0 fully saturated rings. The van der Waals surface area contributed by atoms with Crippen molar-refractivity contribution in [3.8, 4) is 11.5 Å². The maximum absolute atomic E-state index is 5.85. The standard InChI is InChI=1S/C9H6ClN5S/c1-5-12-7(10)2-8-13-14-9(15(5)8)6-3-16-4-11-6/h2-4H,1H3. The van der Waals surface area contributed by atoms with Crippen LogP contribution in [0.2, 0.25) is 5.15 Å². The summed E-state index contributed by atoms with van der Waals surface area (Å²) < 4.78 is 1.83. The minimum atomic E-state index is 0.419. The largest absolute Gasteiger partial charge is 0.261 e. The van der Waals surface area contributed by atoms with Gasteiger partial charge in [0.1, 0.15) is 16.7 Å². The van der Waals surface area contributed by atoms with Crippen molar-refractivity contribution < 1.29 is 0 Å². The third-order valence-electron chi connectivity index (χ3n) is 2.19. The molecule has 0 atom stereocenters. The molecule has 0 amide bonds. The van der Waals surface area contributed by atoms with Gasteiger partial charge in [0, 0.05) is 11.4 Å². The van der Waals surface area contributed by atoms with E-state index < -0.39 is 0 Å². The number of thiazole rings is 1. The van der Waals surface area contributed by atoms with Crippen LogP contribution in [-0.4, -0.2) is 24.6 Å². The van der Waals surface area contributed by atoms with Crippen LogP contribution in [0.15, 0.2) is 17.0 Å². The summed E-state index contributed by atoms with van der Waals surface area (Å²) in [5, 5.41) is 10.5. The first-order valence-corrected chi connectivity index (χ1v) is 5.84. The summed E-state index contributed by atoms with van der Waals surface area (Å²) in [6.07, 6.45) is 0. The minimum Gasteiger partial charge on any atom is -0.261 e. The van der Waals surface area contributed by atoms with Crippen LogP contribution < -0.4 is 0 Å². The highest BCUT2D eigenvalue weighted by atomic mass is 35.5. The molecule has 3 rings (SSSR count). The molecule has 0 aliphatic carbocycles. The van der Waals surface area contributed by atoms with E-state index in [1.807, 2.05) is 16.7 Å². The molecule has 7 heteroatoms. The molecule has 0 aromatic carbocycles. The molecule has 0 bridgehead atoms. The predicted molar refractivity (Wildman–Crippen MR) is 61.6 cm³/mol. The van der Waals surface area contributed by atoms with Gasteiger partial charge in [0.2, 0.25) is 0 Å². The average Bonchev–Trinajstić information content (AvgIpc) is 2.82. The predicted octanol–water partition coefficient (Wildman–Crippen LogP) is 2.21. The van der Waals surface area contributed by atoms with Crippen molar-refractivity contribution in [1.82, 2.24) is 24.6 Å². The van der Waals surface area contributed by atoms with Crippen molar-refractivity contribution in [3.05, 3.63) is 27.9 Å². The van der Waals surface area contributed by atoms with Gasteiger partial charge in [0.15, 0.2) is 11.5 Å². The number of halogens is 1. The lowest BCUT2D eigenvalue weighted by molar-refractivity contribution is 0.984. The first kappa shape index (κ1) is 9.68. The Bertz CT molecular complexity index is 645. The van der Waals surface area contributed by atoms with Crippen LogP contribution in [0.3, 0.4) is 0 Å². The van der Waals surface area contributed by atoms with Gasteiger partial charge < -0.3 is 0 Å². The van der Waals surface area contributed by atoms with E-state index in [4.69, 9.17) is 11.6 Å². The van der Waals surface area contributed by atoms with Gasteiger partial charge in [-0.05, 0) is 6.92 Å². The van der Waals surface area contributed by atoms with E-state index in [0.717, 1.165) is 11.5 Å². The Hall–Kier alpha value is -1.53. The molecule has 0 aliphatic rings. The molecule has 16 heavy (non-hydrogen) atoms. The molecule has 0 unspecified atom stereocenters. The van der Waals surface area contributed by atoms with Crippen molar-refractivity contribution in [2.45, 2.75) is 6.92 Å². The number of rotatable bonds is 1. The summed E-state index contributed by atoms with van der Waals surface area (Å²) in [6, 6.07) is 1.68. The molecule has 3 aromatic rings. The van der Waals surface area contributed by atoms with Gasteiger partial charge in [-0.1, -0.05) is 11.6 Å². The molecule has 3 aromatic heterocycles. The summed E-state index contributed by atoms with van der Waals surface area (Å²) >= 11 is 7.37. The number of aryl methyl sites for hydroxylation is 1. The Morgan fingerprint density at radius 1 is 1.38 bits per heavy atom. The van der Waals surface area contributed by atoms with E-state index in [2.05, 4.69) is 20.2 Å². The molecular weight excluding hydrogens is 246 g/mol. The number of aromatic nitrogens is 5. The van der Waals surface area contributed by atoms with Gasteiger partial charge in [0.05, 0.1) is 5.51 Å². The Balaban J connectivity index is 2.36. The summed E-state index contributed by atoms with van der Waals surface area (Å²) in [5.74, 6) is 1.44. The van der Waals surface area contributed by atoms with Gasteiger partial charge in [-0.2, -0.15) is 0 Å². The fourth-order valence-corrected chi connectivity index (χ4v) is 2.29. The van der Waals surface area contributed by atoms with Crippen LogP contribution in [0.1, 0.15) is 5.82 Å². The zero-order valence-corrected chi connectivity index (χ0v) is 9.83. The van der Waals surface area contributed by atoms with E-state index in [1.54, 1.807) is 11.6 Å². The molecule has 0 saturated carbocycles. The highest BCUT2D eigenvalue weighted by Crippen LogP contribution is 2.20. The summed E-state index contributed by atoms with van der Waals surface area (Å²) in [5.41, 5.74) is 3.24. The fraction of sp³-hybridized carbons (Fsp3) is 0.111. The molecule has 3 heterocycles. The summed E-state index contributed by atoms with van der Waals surface area (Å²) in [4.78, 5) is 8.38. The van der Waals surface area contributed by atoms with E-state index in [1.165, 1.54) is 11.3 Å². The zero-order valence-electron chi connectivity index (χ0n) is 8.25. The Morgan fingerprint density at radius 2 is 2.25 bits per heavy atom. The van der Waals surface area contributed by atoms with E-state index in [-0.39, 0.29) is 0 Å². The van der Waals surface area contributed by atoms with Crippen LogP contribution in [0.25, 0.3) is 17.2 Å². The first-order valence-electron chi connectivity index (χ1n) is 4.52. The first-order chi connectivity index (χ1) is 7.75. The van der Waals surface area contributed by atoms with Gasteiger partial charge in [-0.3, -0.25) is 4.40 Å². The van der Waals surface area contributed by atoms with Crippen LogP contribution in [0.5, 0.6) is 0 Å². The third-order valence-corrected chi connectivity index (χ3v) is 2.97. The van der Waals surface area contributed by atoms with Gasteiger partial charge in [-0.15, -0.1) is 21.5 Å². The molecule has 0 radical (unpaired) electrons. The maximum atomic E-state index is 5.85. The lowest BCUT2D eigenvalue weighted by Gasteiger charge is -2.00. The van der Waals surface area contributed by atoms with Gasteiger partial charge in [0.25, 0.3) is 0 Å². The van der Waals surface area contributed by atoms with Crippen molar-refractivity contribution in [3.63, 3.8) is 0 Å². The second-order valence-corrected chi connectivity index (χ2v) is 4.32. The van der Waals surface area contributed by atoms with Gasteiger partial charge in [-0.25, -0.2) is 9.97 Å². The summed E-state index contributed by atoms with van der Waals surface area (Å²) in [6.45, 7) is 1.86. The molecule has 80 valence electrons. The Kier molecular flexibility index (Phi) is 2.12. The van der Waals surface area contributed by atoms with E-state index in [0.29, 0.717) is 16.6 Å². The Labute approximate surface area is 99.8 Å². The van der Waals surface area contributed by atoms with Crippen LogP contribution in [-0.2, 0) is 0 Å². The normalized spacial score (nSPS) is 11.1. The zero-order chi connectivity index (χ0) is 11.1. The molecular formula is C9H6ClN5S. The molecule has 0 saturated heterocycles. The highest BCUT2D eigenvalue weighted by Gasteiger charge is 2.12. The second-order valence-electron chi connectivity index (χ2n) is 3.22.